The number of rotatable bonds is 9. The van der Waals surface area contributed by atoms with Gasteiger partial charge in [0, 0.05) is 18.8 Å². The van der Waals surface area contributed by atoms with Crippen LogP contribution < -0.4 is 10.6 Å². The molecule has 2 atom stereocenters. The minimum atomic E-state index is -1.33. The first-order chi connectivity index (χ1) is 16.8. The number of hydrogen-bond donors (Lipinski definition) is 2. The van der Waals surface area contributed by atoms with Gasteiger partial charge >= 0.3 is 19.1 Å². The normalized spacial score (nSPS) is 15.8. The average molecular weight is 482 g/mol. The Kier molecular flexibility index (Phi) is 9.30. The molecule has 2 aromatic rings. The van der Waals surface area contributed by atoms with Crippen molar-refractivity contribution < 1.29 is 33.2 Å². The van der Waals surface area contributed by atoms with E-state index in [2.05, 4.69) is 20.6 Å². The maximum atomic E-state index is 13.4. The van der Waals surface area contributed by atoms with E-state index in [0.717, 1.165) is 5.56 Å². The van der Waals surface area contributed by atoms with Gasteiger partial charge in [0.2, 0.25) is 5.91 Å². The van der Waals surface area contributed by atoms with E-state index >= 15 is 0 Å². The van der Waals surface area contributed by atoms with Gasteiger partial charge in [-0.1, -0.05) is 44.2 Å². The summed E-state index contributed by atoms with van der Waals surface area (Å²) in [4.78, 5) is 58.0. The van der Waals surface area contributed by atoms with Crippen LogP contribution >= 0.6 is 0 Å². The van der Waals surface area contributed by atoms with Gasteiger partial charge in [0.1, 0.15) is 24.9 Å². The molecule has 184 valence electrons. The lowest BCUT2D eigenvalue weighted by Crippen LogP contribution is -2.57. The molecule has 2 amide bonds. The van der Waals surface area contributed by atoms with E-state index < -0.39 is 56.1 Å². The molecule has 1 aliphatic heterocycles. The lowest BCUT2D eigenvalue weighted by Gasteiger charge is -2.28. The molecule has 0 radical (unpaired) electrons. The Morgan fingerprint density at radius 1 is 1.03 bits per heavy atom. The molecule has 0 saturated carbocycles. The zero-order valence-corrected chi connectivity index (χ0v) is 19.5. The molecule has 11 nitrogen and oxygen atoms in total. The molecule has 1 saturated heterocycles. The van der Waals surface area contributed by atoms with Crippen molar-refractivity contribution in [1.82, 2.24) is 20.6 Å². The van der Waals surface area contributed by atoms with Crippen LogP contribution in [0, 0.1) is 5.92 Å². The maximum Gasteiger partial charge on any atom is 0.622 e. The number of nitrogens with one attached hydrogen (secondary N) is 2. The number of hydrogen-bond acceptors (Lipinski definition) is 9. The monoisotopic (exact) mass is 482 g/mol. The third-order valence-electron chi connectivity index (χ3n) is 5.02. The average Bonchev–Trinajstić information content (AvgIpc) is 2.82. The Morgan fingerprint density at radius 2 is 1.71 bits per heavy atom. The lowest BCUT2D eigenvalue weighted by molar-refractivity contribution is -0.153. The first-order valence-electron chi connectivity index (χ1n) is 11.2. The first-order valence-corrected chi connectivity index (χ1v) is 11.2. The van der Waals surface area contributed by atoms with Crippen molar-refractivity contribution in [3.8, 4) is 0 Å². The van der Waals surface area contributed by atoms with Crippen LogP contribution in [0.2, 0.25) is 0 Å². The molecule has 0 spiro atoms. The zero-order valence-electron chi connectivity index (χ0n) is 19.5. The molecule has 2 heterocycles. The lowest BCUT2D eigenvalue weighted by atomic mass is 9.73. The summed E-state index contributed by atoms with van der Waals surface area (Å²) in [6, 6.07) is 8.16. The van der Waals surface area contributed by atoms with Crippen LogP contribution in [0.1, 0.15) is 36.3 Å². The van der Waals surface area contributed by atoms with E-state index in [1.54, 1.807) is 0 Å². The first kappa shape index (κ1) is 25.8. The van der Waals surface area contributed by atoms with Crippen molar-refractivity contribution in [3.63, 3.8) is 0 Å². The highest BCUT2D eigenvalue weighted by molar-refractivity contribution is 6.51. The van der Waals surface area contributed by atoms with Crippen LogP contribution in [0.15, 0.2) is 48.9 Å². The quantitative estimate of drug-likeness (QED) is 0.488. The summed E-state index contributed by atoms with van der Waals surface area (Å²) >= 11 is 0. The summed E-state index contributed by atoms with van der Waals surface area (Å²) in [5.74, 6) is -3.34. The highest BCUT2D eigenvalue weighted by Crippen LogP contribution is 2.13. The number of benzene rings is 1. The fourth-order valence-corrected chi connectivity index (χ4v) is 3.47. The largest absolute Gasteiger partial charge is 0.622 e. The zero-order chi connectivity index (χ0) is 25.2. The van der Waals surface area contributed by atoms with Crippen molar-refractivity contribution in [2.75, 3.05) is 13.2 Å². The van der Waals surface area contributed by atoms with Gasteiger partial charge < -0.3 is 24.7 Å². The number of amides is 2. The van der Waals surface area contributed by atoms with Crippen molar-refractivity contribution >= 4 is 30.9 Å². The predicted octanol–water partition coefficient (Wildman–Crippen LogP) is 0.493. The van der Waals surface area contributed by atoms with Crippen molar-refractivity contribution in [2.24, 2.45) is 5.92 Å². The molecule has 0 aliphatic carbocycles. The number of carbonyl (C=O) groups is 4. The van der Waals surface area contributed by atoms with E-state index in [9.17, 15) is 19.2 Å². The molecule has 35 heavy (non-hydrogen) atoms. The van der Waals surface area contributed by atoms with Gasteiger partial charge in [-0.15, -0.1) is 0 Å². The summed E-state index contributed by atoms with van der Waals surface area (Å²) in [5.41, 5.74) is 0.869. The minimum absolute atomic E-state index is 0.0555. The van der Waals surface area contributed by atoms with Crippen molar-refractivity contribution in [2.45, 2.75) is 38.7 Å². The van der Waals surface area contributed by atoms with Gasteiger partial charge in [-0.25, -0.2) is 4.98 Å². The Hall–Kier alpha value is -3.80. The van der Waals surface area contributed by atoms with Gasteiger partial charge in [-0.2, -0.15) is 0 Å². The Morgan fingerprint density at radius 3 is 2.31 bits per heavy atom. The van der Waals surface area contributed by atoms with Gasteiger partial charge in [0.05, 0.1) is 12.1 Å². The Bertz CT molecular complexity index is 1010. The number of nitrogens with zero attached hydrogens (tertiary/aromatic N) is 2. The van der Waals surface area contributed by atoms with E-state index in [1.165, 1.54) is 18.6 Å². The molecular formula is C23H27BN4O7. The van der Waals surface area contributed by atoms with E-state index in [0.29, 0.717) is 6.42 Å². The Balaban J connectivity index is 1.81. The van der Waals surface area contributed by atoms with Gasteiger partial charge in [0.25, 0.3) is 5.91 Å². The minimum Gasteiger partial charge on any atom is -0.496 e. The molecule has 0 unspecified atom stereocenters. The summed E-state index contributed by atoms with van der Waals surface area (Å²) in [5, 5.41) is 5.49. The van der Waals surface area contributed by atoms with E-state index in [-0.39, 0.29) is 18.0 Å². The second-order valence-corrected chi connectivity index (χ2v) is 8.39. The fourth-order valence-electron chi connectivity index (χ4n) is 3.47. The molecule has 3 rings (SSSR count). The molecule has 1 fully saturated rings. The third-order valence-corrected chi connectivity index (χ3v) is 5.02. The van der Waals surface area contributed by atoms with Crippen LogP contribution in [-0.2, 0) is 34.9 Å². The van der Waals surface area contributed by atoms with Crippen LogP contribution in [0.5, 0.6) is 0 Å². The summed E-state index contributed by atoms with van der Waals surface area (Å²) in [7, 11) is -1.33. The molecule has 12 heteroatoms. The van der Waals surface area contributed by atoms with Crippen LogP contribution in [0.25, 0.3) is 0 Å². The predicted molar refractivity (Wildman–Crippen MR) is 124 cm³/mol. The molecule has 1 aromatic carbocycles. The molecule has 1 aromatic heterocycles. The highest BCUT2D eigenvalue weighted by atomic mass is 16.7. The fraction of sp³-hybridized carbons (Fsp3) is 0.391. The van der Waals surface area contributed by atoms with E-state index in [1.807, 2.05) is 44.2 Å². The number of aromatic nitrogens is 2. The van der Waals surface area contributed by atoms with Crippen LogP contribution in [0.3, 0.4) is 0 Å². The smallest absolute Gasteiger partial charge is 0.496 e. The molecule has 2 N–H and O–H groups in total. The summed E-state index contributed by atoms with van der Waals surface area (Å²) < 4.78 is 15.4. The standard InChI is InChI=1S/C23H27BN4O7/c1-15(2)10-19(24-34-20(29)13-33-14-21(30)35-24)28-22(31)17(11-16-6-4-3-5-7-16)27-23(32)18-12-25-8-9-26-18/h3-9,12,15,17,19H,10-11,13-14H2,1-2H3,(H,27,32)(H,28,31)/t17-,19-/m0/s1. The van der Waals surface area contributed by atoms with Crippen LogP contribution in [-0.4, -0.2) is 66.0 Å². The molecular weight excluding hydrogens is 455 g/mol. The SMILES string of the molecule is CC(C)C[C@H](NC(=O)[C@H](Cc1ccccc1)NC(=O)c1cnccn1)B1OC(=O)COCC(=O)O1. The highest BCUT2D eigenvalue weighted by Gasteiger charge is 2.41. The van der Waals surface area contributed by atoms with Crippen molar-refractivity contribution in [3.05, 3.63) is 60.2 Å². The molecule has 1 aliphatic rings. The number of ether oxygens (including phenoxy) is 1. The van der Waals surface area contributed by atoms with Crippen molar-refractivity contribution in [1.29, 1.82) is 0 Å². The third kappa shape index (κ3) is 8.18. The Labute approximate surface area is 203 Å². The summed E-state index contributed by atoms with van der Waals surface area (Å²) in [6.07, 6.45) is 4.63. The second-order valence-electron chi connectivity index (χ2n) is 8.39. The maximum absolute atomic E-state index is 13.4. The topological polar surface area (TPSA) is 146 Å². The van der Waals surface area contributed by atoms with Gasteiger partial charge in [-0.3, -0.25) is 24.2 Å². The summed E-state index contributed by atoms with van der Waals surface area (Å²) in [6.45, 7) is 3.01. The van der Waals surface area contributed by atoms with Gasteiger partial charge in [0.15, 0.2) is 0 Å². The van der Waals surface area contributed by atoms with Crippen LogP contribution in [0.4, 0.5) is 0 Å². The van der Waals surface area contributed by atoms with Gasteiger partial charge in [-0.05, 0) is 17.9 Å². The van der Waals surface area contributed by atoms with E-state index in [4.69, 9.17) is 14.0 Å². The molecule has 0 bridgehead atoms. The second kappa shape index (κ2) is 12.6. The number of carbonyl (C=O) groups excluding carboxylic acids is 4.